The number of nitro benzene ring substituents is 1. The highest BCUT2D eigenvalue weighted by atomic mass is 127. The normalized spacial score (nSPS) is 11.3. The quantitative estimate of drug-likeness (QED) is 0.0984. The van der Waals surface area contributed by atoms with Gasteiger partial charge in [0.15, 0.2) is 11.5 Å². The lowest BCUT2D eigenvalue weighted by Crippen LogP contribution is -2.13. The molecule has 1 amide bonds. The standard InChI is InChI=1S/C23H16IN3O7S/c1-33-22-13-15(12-16(14-25)23(28)26-18-5-3-17(24)4-6-18)2-11-21(22)34-35(31,32)20-9-7-19(8-10-20)27(29)30/h2-13H,1H3,(H,26,28)/b16-12-. The fourth-order valence-corrected chi connectivity index (χ4v) is 4.09. The summed E-state index contributed by atoms with van der Waals surface area (Å²) in [7, 11) is -3.02. The van der Waals surface area contributed by atoms with Crippen molar-refractivity contribution in [1.82, 2.24) is 0 Å². The van der Waals surface area contributed by atoms with Crippen molar-refractivity contribution >= 4 is 56.1 Å². The highest BCUT2D eigenvalue weighted by Crippen LogP contribution is 2.32. The molecular weight excluding hydrogens is 589 g/mol. The van der Waals surface area contributed by atoms with E-state index in [0.29, 0.717) is 11.3 Å². The second-order valence-corrected chi connectivity index (χ2v) is 9.62. The van der Waals surface area contributed by atoms with Gasteiger partial charge in [0, 0.05) is 21.4 Å². The third-order valence-electron chi connectivity index (χ3n) is 4.50. The van der Waals surface area contributed by atoms with Crippen LogP contribution in [0, 0.1) is 25.0 Å². The maximum absolute atomic E-state index is 12.6. The Labute approximate surface area is 214 Å². The number of halogens is 1. The van der Waals surface area contributed by atoms with Gasteiger partial charge in [-0.1, -0.05) is 6.07 Å². The number of nitrogens with one attached hydrogen (secondary N) is 1. The van der Waals surface area contributed by atoms with Gasteiger partial charge in [-0.25, -0.2) is 0 Å². The van der Waals surface area contributed by atoms with Crippen molar-refractivity contribution in [3.63, 3.8) is 0 Å². The van der Waals surface area contributed by atoms with E-state index in [9.17, 15) is 28.6 Å². The Morgan fingerprint density at radius 3 is 2.31 bits per heavy atom. The number of benzene rings is 3. The maximum atomic E-state index is 12.6. The van der Waals surface area contributed by atoms with E-state index in [1.807, 2.05) is 6.07 Å². The average Bonchev–Trinajstić information content (AvgIpc) is 2.84. The van der Waals surface area contributed by atoms with Crippen molar-refractivity contribution in [3.05, 3.63) is 91.6 Å². The van der Waals surface area contributed by atoms with Crippen molar-refractivity contribution in [2.75, 3.05) is 12.4 Å². The van der Waals surface area contributed by atoms with Crippen molar-refractivity contribution in [3.8, 4) is 17.6 Å². The third-order valence-corrected chi connectivity index (χ3v) is 6.47. The molecule has 3 aromatic carbocycles. The fourth-order valence-electron chi connectivity index (χ4n) is 2.79. The van der Waals surface area contributed by atoms with Crippen molar-refractivity contribution in [2.24, 2.45) is 0 Å². The Bertz CT molecular complexity index is 1450. The van der Waals surface area contributed by atoms with Gasteiger partial charge in [-0.2, -0.15) is 13.7 Å². The van der Waals surface area contributed by atoms with Crippen LogP contribution in [0.3, 0.4) is 0 Å². The zero-order valence-corrected chi connectivity index (χ0v) is 20.9. The van der Waals surface area contributed by atoms with Crippen LogP contribution in [-0.2, 0) is 14.9 Å². The van der Waals surface area contributed by atoms with Crippen LogP contribution in [0.2, 0.25) is 0 Å². The number of anilines is 1. The predicted octanol–water partition coefficient (Wildman–Crippen LogP) is 4.52. The number of hydrogen-bond donors (Lipinski definition) is 1. The molecule has 0 aromatic heterocycles. The highest BCUT2D eigenvalue weighted by Gasteiger charge is 2.21. The smallest absolute Gasteiger partial charge is 0.339 e. The fraction of sp³-hybridized carbons (Fsp3) is 0.0435. The van der Waals surface area contributed by atoms with Gasteiger partial charge in [0.05, 0.1) is 12.0 Å². The summed E-state index contributed by atoms with van der Waals surface area (Å²) in [5.74, 6) is -0.738. The molecule has 35 heavy (non-hydrogen) atoms. The first kappa shape index (κ1) is 25.7. The van der Waals surface area contributed by atoms with E-state index in [1.165, 1.54) is 31.4 Å². The topological polar surface area (TPSA) is 149 Å². The Kier molecular flexibility index (Phi) is 8.05. The molecule has 0 atom stereocenters. The molecule has 3 aromatic rings. The number of nitro groups is 1. The molecule has 0 heterocycles. The predicted molar refractivity (Wildman–Crippen MR) is 135 cm³/mol. The minimum atomic E-state index is -4.32. The van der Waals surface area contributed by atoms with E-state index in [2.05, 4.69) is 27.9 Å². The van der Waals surface area contributed by atoms with E-state index in [0.717, 1.165) is 27.8 Å². The molecular formula is C23H16IN3O7S. The number of rotatable bonds is 8. The first-order valence-electron chi connectivity index (χ1n) is 9.68. The number of nitriles is 1. The average molecular weight is 605 g/mol. The van der Waals surface area contributed by atoms with Crippen LogP contribution in [0.4, 0.5) is 11.4 Å². The number of carbonyl (C=O) groups is 1. The molecule has 10 nitrogen and oxygen atoms in total. The van der Waals surface area contributed by atoms with Gasteiger partial charge >= 0.3 is 10.1 Å². The first-order chi connectivity index (χ1) is 16.6. The summed E-state index contributed by atoms with van der Waals surface area (Å²) in [5, 5.41) is 22.8. The van der Waals surface area contributed by atoms with Crippen LogP contribution in [0.15, 0.2) is 77.2 Å². The number of non-ortho nitro benzene ring substituents is 1. The van der Waals surface area contributed by atoms with Crippen LogP contribution < -0.4 is 14.2 Å². The van der Waals surface area contributed by atoms with E-state index in [-0.39, 0.29) is 27.7 Å². The summed E-state index contributed by atoms with van der Waals surface area (Å²) < 4.78 is 36.5. The second kappa shape index (κ2) is 11.0. The summed E-state index contributed by atoms with van der Waals surface area (Å²) in [6, 6.07) is 17.2. The van der Waals surface area contributed by atoms with Crippen LogP contribution >= 0.6 is 22.6 Å². The second-order valence-electron chi connectivity index (χ2n) is 6.83. The first-order valence-corrected chi connectivity index (χ1v) is 12.2. The molecule has 0 saturated heterocycles. The van der Waals surface area contributed by atoms with E-state index in [4.69, 9.17) is 8.92 Å². The number of ether oxygens (including phenoxy) is 1. The van der Waals surface area contributed by atoms with Gasteiger partial charge < -0.3 is 14.2 Å². The largest absolute Gasteiger partial charge is 0.493 e. The number of methoxy groups -OCH3 is 1. The Morgan fingerprint density at radius 2 is 1.74 bits per heavy atom. The Morgan fingerprint density at radius 1 is 1.09 bits per heavy atom. The lowest BCUT2D eigenvalue weighted by molar-refractivity contribution is -0.384. The summed E-state index contributed by atoms with van der Waals surface area (Å²) in [6.45, 7) is 0. The summed E-state index contributed by atoms with van der Waals surface area (Å²) in [6.07, 6.45) is 1.32. The number of carbonyl (C=O) groups excluding carboxylic acids is 1. The van der Waals surface area contributed by atoms with Crippen LogP contribution in [-0.4, -0.2) is 26.4 Å². The molecule has 0 radical (unpaired) electrons. The summed E-state index contributed by atoms with van der Waals surface area (Å²) in [5.41, 5.74) is 0.459. The van der Waals surface area contributed by atoms with Crippen LogP contribution in [0.25, 0.3) is 6.08 Å². The molecule has 0 spiro atoms. The molecule has 0 saturated carbocycles. The monoisotopic (exact) mass is 605 g/mol. The van der Waals surface area contributed by atoms with E-state index < -0.39 is 20.9 Å². The highest BCUT2D eigenvalue weighted by molar-refractivity contribution is 14.1. The van der Waals surface area contributed by atoms with Crippen molar-refractivity contribution in [2.45, 2.75) is 4.90 Å². The van der Waals surface area contributed by atoms with Crippen molar-refractivity contribution in [1.29, 1.82) is 5.26 Å². The molecule has 0 aliphatic carbocycles. The number of nitrogens with zero attached hydrogens (tertiary/aromatic N) is 2. The zero-order chi connectivity index (χ0) is 25.6. The van der Waals surface area contributed by atoms with Gasteiger partial charge in [-0.05, 0) is 82.8 Å². The molecule has 1 N–H and O–H groups in total. The van der Waals surface area contributed by atoms with Gasteiger partial charge in [-0.15, -0.1) is 0 Å². The van der Waals surface area contributed by atoms with Gasteiger partial charge in [0.25, 0.3) is 11.6 Å². The van der Waals surface area contributed by atoms with Crippen LogP contribution in [0.5, 0.6) is 11.5 Å². The molecule has 0 unspecified atom stereocenters. The van der Waals surface area contributed by atoms with Gasteiger partial charge in [0.2, 0.25) is 0 Å². The summed E-state index contributed by atoms with van der Waals surface area (Å²) >= 11 is 2.13. The van der Waals surface area contributed by atoms with E-state index >= 15 is 0 Å². The Hall–Kier alpha value is -3.96. The van der Waals surface area contributed by atoms with E-state index in [1.54, 1.807) is 24.3 Å². The summed E-state index contributed by atoms with van der Waals surface area (Å²) in [4.78, 5) is 22.3. The molecule has 12 heteroatoms. The molecule has 0 bridgehead atoms. The lowest BCUT2D eigenvalue weighted by atomic mass is 10.1. The Balaban J connectivity index is 1.83. The number of hydrogen-bond acceptors (Lipinski definition) is 8. The lowest BCUT2D eigenvalue weighted by Gasteiger charge is -2.11. The minimum Gasteiger partial charge on any atom is -0.493 e. The van der Waals surface area contributed by atoms with Gasteiger partial charge in [-0.3, -0.25) is 14.9 Å². The van der Waals surface area contributed by atoms with Gasteiger partial charge in [0.1, 0.15) is 16.5 Å². The SMILES string of the molecule is COc1cc(/C=C(/C#N)C(=O)Nc2ccc(I)cc2)ccc1OS(=O)(=O)c1ccc([N+](=O)[O-])cc1. The molecule has 0 fully saturated rings. The van der Waals surface area contributed by atoms with Crippen molar-refractivity contribution < 1.29 is 27.1 Å². The third kappa shape index (κ3) is 6.55. The molecule has 0 aliphatic rings. The molecule has 178 valence electrons. The molecule has 0 aliphatic heterocycles. The minimum absolute atomic E-state index is 0.0274. The van der Waals surface area contributed by atoms with Crippen LogP contribution in [0.1, 0.15) is 5.56 Å². The number of amides is 1. The molecule has 3 rings (SSSR count). The zero-order valence-electron chi connectivity index (χ0n) is 18.0. The maximum Gasteiger partial charge on any atom is 0.339 e.